The number of nitrogens with two attached hydrogens (primary N) is 1. The average Bonchev–Trinajstić information content (AvgIpc) is 3.42. The number of carbonyl (C=O) groups is 2. The first-order valence-corrected chi connectivity index (χ1v) is 17.6. The number of esters is 1. The predicted octanol–water partition coefficient (Wildman–Crippen LogP) is 3.55. The van der Waals surface area contributed by atoms with Crippen LogP contribution in [0.4, 0.5) is 5.82 Å². The van der Waals surface area contributed by atoms with Crippen LogP contribution >= 0.6 is 0 Å². The third-order valence-corrected chi connectivity index (χ3v) is 9.69. The van der Waals surface area contributed by atoms with E-state index in [0.29, 0.717) is 58.2 Å². The van der Waals surface area contributed by atoms with E-state index in [1.165, 1.54) is 7.11 Å². The van der Waals surface area contributed by atoms with Crippen molar-refractivity contribution in [1.82, 2.24) is 28.6 Å². The average molecular weight is 648 g/mol. The first kappa shape index (κ1) is 33.5. The highest BCUT2D eigenvalue weighted by molar-refractivity contribution is 7.81. The molecule has 0 aliphatic carbocycles. The minimum absolute atomic E-state index is 0.0463. The van der Waals surface area contributed by atoms with E-state index in [1.807, 2.05) is 51.7 Å². The molecular weight excluding hydrogens is 602 g/mol. The number of rotatable bonds is 14. The van der Waals surface area contributed by atoms with Crippen LogP contribution < -0.4 is 5.73 Å². The van der Waals surface area contributed by atoms with Crippen LogP contribution in [-0.4, -0.2) is 97.4 Å². The van der Waals surface area contributed by atoms with Gasteiger partial charge in [-0.05, 0) is 30.0 Å². The Bertz CT molecular complexity index is 1700. The fourth-order valence-corrected chi connectivity index (χ4v) is 6.79. The van der Waals surface area contributed by atoms with E-state index in [9.17, 15) is 13.8 Å². The van der Waals surface area contributed by atoms with Gasteiger partial charge in [0.05, 0.1) is 42.1 Å². The quantitative estimate of drug-likeness (QED) is 0.206. The minimum Gasteiger partial charge on any atom is -0.469 e. The number of imidazole rings is 1. The molecule has 1 aliphatic heterocycles. The van der Waals surface area contributed by atoms with Crippen molar-refractivity contribution in [2.75, 3.05) is 58.4 Å². The number of piperazine rings is 1. The number of methoxy groups -OCH3 is 1. The normalized spacial score (nSPS) is 14.9. The Hall–Kier alpha value is -3.87. The molecule has 12 heteroatoms. The number of anilines is 1. The third kappa shape index (κ3) is 8.09. The van der Waals surface area contributed by atoms with Gasteiger partial charge in [-0.25, -0.2) is 18.5 Å². The predicted molar refractivity (Wildman–Crippen MR) is 182 cm³/mol. The van der Waals surface area contributed by atoms with Crippen molar-refractivity contribution in [3.05, 3.63) is 65.5 Å². The van der Waals surface area contributed by atoms with Gasteiger partial charge in [-0.3, -0.25) is 14.5 Å². The Labute approximate surface area is 273 Å². The van der Waals surface area contributed by atoms with E-state index in [-0.39, 0.29) is 18.3 Å². The van der Waals surface area contributed by atoms with E-state index in [4.69, 9.17) is 15.5 Å². The Morgan fingerprint density at radius 3 is 2.52 bits per heavy atom. The summed E-state index contributed by atoms with van der Waals surface area (Å²) in [5, 5.41) is 1.02. The SMILES string of the molecule is CCCCc1nc2c(N)nc3ccccc3c2n1CCCN(Cc1cccc(CC(=O)OC)c1)C(=O)CN1CCN(S(C)=O)CC1. The van der Waals surface area contributed by atoms with Crippen LogP contribution in [0.5, 0.6) is 0 Å². The number of benzene rings is 2. The summed E-state index contributed by atoms with van der Waals surface area (Å²) >= 11 is 0. The molecule has 1 fully saturated rings. The molecule has 2 N–H and O–H groups in total. The third-order valence-electron chi connectivity index (χ3n) is 8.60. The highest BCUT2D eigenvalue weighted by Crippen LogP contribution is 2.29. The number of hydrogen-bond donors (Lipinski definition) is 1. The summed E-state index contributed by atoms with van der Waals surface area (Å²) < 4.78 is 21.0. The Morgan fingerprint density at radius 2 is 1.78 bits per heavy atom. The zero-order valence-electron chi connectivity index (χ0n) is 27.1. The number of amides is 1. The zero-order chi connectivity index (χ0) is 32.6. The van der Waals surface area contributed by atoms with E-state index >= 15 is 0 Å². The summed E-state index contributed by atoms with van der Waals surface area (Å²) in [5.74, 6) is 1.17. The first-order chi connectivity index (χ1) is 22.3. The number of ether oxygens (including phenoxy) is 1. The molecule has 0 spiro atoms. The second-order valence-electron chi connectivity index (χ2n) is 11.9. The summed E-state index contributed by atoms with van der Waals surface area (Å²) in [5.41, 5.74) is 10.8. The molecule has 1 atom stereocenters. The van der Waals surface area contributed by atoms with Gasteiger partial charge < -0.3 is 19.9 Å². The van der Waals surface area contributed by atoms with Crippen molar-refractivity contribution >= 4 is 50.6 Å². The summed E-state index contributed by atoms with van der Waals surface area (Å²) in [7, 11) is 0.377. The van der Waals surface area contributed by atoms with Crippen molar-refractivity contribution in [3.8, 4) is 0 Å². The van der Waals surface area contributed by atoms with Gasteiger partial charge in [-0.15, -0.1) is 0 Å². The summed E-state index contributed by atoms with van der Waals surface area (Å²) in [6, 6.07) is 15.8. The number of fused-ring (bicyclic) bond motifs is 3. The number of pyridine rings is 1. The second-order valence-corrected chi connectivity index (χ2v) is 13.2. The number of hydrogen-bond acceptors (Lipinski definition) is 8. The van der Waals surface area contributed by atoms with Gasteiger partial charge in [0.1, 0.15) is 11.3 Å². The van der Waals surface area contributed by atoms with Crippen molar-refractivity contribution in [2.45, 2.75) is 52.1 Å². The number of aromatic nitrogens is 3. The molecule has 3 heterocycles. The van der Waals surface area contributed by atoms with Gasteiger partial charge in [-0.1, -0.05) is 55.8 Å². The number of para-hydroxylation sites is 1. The van der Waals surface area contributed by atoms with Crippen molar-refractivity contribution in [3.63, 3.8) is 0 Å². The lowest BCUT2D eigenvalue weighted by molar-refractivity contribution is -0.139. The standard InChI is InChI=1S/C34H45N7O4S/c1-4-5-14-29-37-32-33(27-12-6-7-13-28(27)36-34(32)35)41(29)16-9-15-39(23-26-11-8-10-25(21-26)22-31(43)45-2)30(42)24-38-17-19-40(20-18-38)46(3)44/h6-8,10-13,21H,4-5,9,14-20,22-24H2,1-3H3,(H2,35,36). The molecule has 0 saturated carbocycles. The monoisotopic (exact) mass is 647 g/mol. The fraction of sp³-hybridized carbons (Fsp3) is 0.471. The Morgan fingerprint density at radius 1 is 1.02 bits per heavy atom. The van der Waals surface area contributed by atoms with Crippen LogP contribution in [0.3, 0.4) is 0 Å². The number of aryl methyl sites for hydroxylation is 2. The number of nitrogen functional groups attached to an aromatic ring is 1. The molecule has 2 aromatic carbocycles. The molecule has 5 rings (SSSR count). The summed E-state index contributed by atoms with van der Waals surface area (Å²) in [6.07, 6.45) is 5.50. The van der Waals surface area contributed by atoms with Crippen LogP contribution in [0.25, 0.3) is 21.9 Å². The second kappa shape index (κ2) is 15.6. The Balaban J connectivity index is 1.38. The highest BCUT2D eigenvalue weighted by atomic mass is 32.2. The minimum atomic E-state index is -1.01. The molecule has 2 aromatic heterocycles. The summed E-state index contributed by atoms with van der Waals surface area (Å²) in [4.78, 5) is 39.4. The van der Waals surface area contributed by atoms with Crippen LogP contribution in [-0.2, 0) is 51.2 Å². The van der Waals surface area contributed by atoms with Gasteiger partial charge in [-0.2, -0.15) is 0 Å². The van der Waals surface area contributed by atoms with Gasteiger partial charge in [0.25, 0.3) is 0 Å². The molecule has 1 unspecified atom stereocenters. The lowest BCUT2D eigenvalue weighted by Gasteiger charge is -2.34. The van der Waals surface area contributed by atoms with Gasteiger partial charge in [0.15, 0.2) is 5.82 Å². The van der Waals surface area contributed by atoms with Crippen LogP contribution in [0, 0.1) is 0 Å². The largest absolute Gasteiger partial charge is 0.469 e. The lowest BCUT2D eigenvalue weighted by Crippen LogP contribution is -2.50. The molecule has 11 nitrogen and oxygen atoms in total. The molecule has 4 aromatic rings. The topological polar surface area (TPSA) is 127 Å². The molecule has 246 valence electrons. The highest BCUT2D eigenvalue weighted by Gasteiger charge is 2.24. The molecule has 1 amide bonds. The van der Waals surface area contributed by atoms with Crippen LogP contribution in [0.2, 0.25) is 0 Å². The van der Waals surface area contributed by atoms with Gasteiger partial charge in [0.2, 0.25) is 5.91 Å². The molecule has 1 aliphatic rings. The van der Waals surface area contributed by atoms with E-state index in [2.05, 4.69) is 27.4 Å². The maximum Gasteiger partial charge on any atom is 0.309 e. The molecular formula is C34H45N7O4S. The molecule has 1 saturated heterocycles. The van der Waals surface area contributed by atoms with E-state index in [1.54, 1.807) is 6.26 Å². The van der Waals surface area contributed by atoms with Crippen LogP contribution in [0.1, 0.15) is 43.1 Å². The number of carbonyl (C=O) groups excluding carboxylic acids is 2. The maximum absolute atomic E-state index is 13.9. The summed E-state index contributed by atoms with van der Waals surface area (Å²) in [6.45, 7) is 6.85. The lowest BCUT2D eigenvalue weighted by atomic mass is 10.1. The maximum atomic E-state index is 13.9. The smallest absolute Gasteiger partial charge is 0.309 e. The number of nitrogens with zero attached hydrogens (tertiary/aromatic N) is 6. The van der Waals surface area contributed by atoms with Gasteiger partial charge >= 0.3 is 5.97 Å². The van der Waals surface area contributed by atoms with Crippen molar-refractivity contribution < 1.29 is 18.5 Å². The van der Waals surface area contributed by atoms with Gasteiger partial charge in [0, 0.05) is 63.9 Å². The van der Waals surface area contributed by atoms with E-state index in [0.717, 1.165) is 64.6 Å². The van der Waals surface area contributed by atoms with Crippen molar-refractivity contribution in [1.29, 1.82) is 0 Å². The Kier molecular flexibility index (Phi) is 11.4. The zero-order valence-corrected chi connectivity index (χ0v) is 27.9. The molecule has 0 radical (unpaired) electrons. The fourth-order valence-electron chi connectivity index (χ4n) is 6.12. The molecule has 46 heavy (non-hydrogen) atoms. The van der Waals surface area contributed by atoms with Crippen LogP contribution in [0.15, 0.2) is 48.5 Å². The van der Waals surface area contributed by atoms with Crippen molar-refractivity contribution in [2.24, 2.45) is 0 Å². The van der Waals surface area contributed by atoms with E-state index < -0.39 is 11.0 Å². The first-order valence-electron chi connectivity index (χ1n) is 16.0. The molecule has 0 bridgehead atoms. The number of unbranched alkanes of at least 4 members (excludes halogenated alkanes) is 1.